The zero-order valence-electron chi connectivity index (χ0n) is 16.4. The largest absolute Gasteiger partial charge is 0.494 e. The molecule has 3 nitrogen and oxygen atoms in total. The molecule has 0 fully saturated rings. The van der Waals surface area contributed by atoms with Gasteiger partial charge in [-0.15, -0.1) is 0 Å². The highest BCUT2D eigenvalue weighted by molar-refractivity contribution is 6.30. The molecule has 4 heteroatoms. The van der Waals surface area contributed by atoms with Crippen LogP contribution < -0.4 is 4.74 Å². The van der Waals surface area contributed by atoms with Crippen LogP contribution in [0.4, 0.5) is 0 Å². The van der Waals surface area contributed by atoms with Crippen LogP contribution in [0.2, 0.25) is 5.02 Å². The van der Waals surface area contributed by atoms with Gasteiger partial charge in [-0.1, -0.05) is 54.1 Å². The lowest BCUT2D eigenvalue weighted by molar-refractivity contribution is 0.302. The van der Waals surface area contributed by atoms with Crippen molar-refractivity contribution in [2.45, 2.75) is 19.9 Å². The van der Waals surface area contributed by atoms with Crippen LogP contribution in [0.15, 0.2) is 72.8 Å². The summed E-state index contributed by atoms with van der Waals surface area (Å²) in [5, 5.41) is 0.739. The molecule has 4 aromatic rings. The highest BCUT2D eigenvalue weighted by Crippen LogP contribution is 2.20. The molecule has 3 aromatic carbocycles. The summed E-state index contributed by atoms with van der Waals surface area (Å²) < 4.78 is 8.16. The number of ether oxygens (including phenoxy) is 1. The van der Waals surface area contributed by atoms with Crippen LogP contribution in [-0.4, -0.2) is 16.2 Å². The molecule has 0 aliphatic rings. The highest BCUT2D eigenvalue weighted by Gasteiger charge is 2.08. The van der Waals surface area contributed by atoms with Crippen molar-refractivity contribution in [3.63, 3.8) is 0 Å². The van der Waals surface area contributed by atoms with Gasteiger partial charge in [0.05, 0.1) is 17.6 Å². The van der Waals surface area contributed by atoms with Crippen molar-refractivity contribution < 1.29 is 4.74 Å². The fraction of sp³-hybridized carbons (Fsp3) is 0.160. The number of benzene rings is 3. The maximum atomic E-state index is 5.98. The smallest absolute Gasteiger partial charge is 0.133 e. The normalized spacial score (nSPS) is 11.4. The first-order valence-corrected chi connectivity index (χ1v) is 10.2. The number of imidazole rings is 1. The van der Waals surface area contributed by atoms with E-state index in [9.17, 15) is 0 Å². The third-order valence-electron chi connectivity index (χ3n) is 4.76. The fourth-order valence-corrected chi connectivity index (χ4v) is 3.44. The second kappa shape index (κ2) is 8.97. The minimum atomic E-state index is 0.663. The first-order valence-electron chi connectivity index (χ1n) is 9.77. The summed E-state index contributed by atoms with van der Waals surface area (Å²) in [7, 11) is 0. The molecule has 0 aliphatic carbocycles. The van der Waals surface area contributed by atoms with Crippen LogP contribution in [-0.2, 0) is 6.54 Å². The maximum Gasteiger partial charge on any atom is 0.133 e. The van der Waals surface area contributed by atoms with Crippen molar-refractivity contribution in [1.29, 1.82) is 0 Å². The molecular weight excluding hydrogens is 380 g/mol. The van der Waals surface area contributed by atoms with Crippen molar-refractivity contribution in [1.82, 2.24) is 9.55 Å². The molecule has 0 aliphatic heterocycles. The van der Waals surface area contributed by atoms with Crippen LogP contribution in [0.3, 0.4) is 0 Å². The van der Waals surface area contributed by atoms with E-state index in [4.69, 9.17) is 21.3 Å². The average Bonchev–Trinajstić information content (AvgIpc) is 3.08. The lowest BCUT2D eigenvalue weighted by Crippen LogP contribution is -2.06. The number of halogens is 1. The molecule has 1 heterocycles. The monoisotopic (exact) mass is 402 g/mol. The first-order chi connectivity index (χ1) is 14.2. The molecule has 0 spiro atoms. The Bertz CT molecular complexity index is 1130. The number of para-hydroxylation sites is 2. The van der Waals surface area contributed by atoms with E-state index in [0.29, 0.717) is 6.61 Å². The van der Waals surface area contributed by atoms with Gasteiger partial charge in [0.1, 0.15) is 11.6 Å². The van der Waals surface area contributed by atoms with E-state index in [1.54, 1.807) is 0 Å². The topological polar surface area (TPSA) is 27.1 Å². The van der Waals surface area contributed by atoms with Gasteiger partial charge in [-0.2, -0.15) is 0 Å². The standard InChI is InChI=1S/C25H23ClN2O/c1-19-6-4-7-22(18-19)29-17-5-16-28-24-9-3-2-8-23(24)27-25(28)15-12-20-10-13-21(26)14-11-20/h2-4,6-15,18H,5,16-17H2,1H3. The van der Waals surface area contributed by atoms with Gasteiger partial charge in [0.25, 0.3) is 0 Å². The first kappa shape index (κ1) is 19.3. The fourth-order valence-electron chi connectivity index (χ4n) is 3.32. The SMILES string of the molecule is Cc1cccc(OCCCn2c(C=Cc3ccc(Cl)cc3)nc3ccccc32)c1. The predicted octanol–water partition coefficient (Wildman–Crippen LogP) is 6.64. The number of fused-ring (bicyclic) bond motifs is 1. The third-order valence-corrected chi connectivity index (χ3v) is 5.02. The summed E-state index contributed by atoms with van der Waals surface area (Å²) in [6.45, 7) is 3.58. The van der Waals surface area contributed by atoms with Gasteiger partial charge in [-0.25, -0.2) is 4.98 Å². The number of nitrogens with zero attached hydrogens (tertiary/aromatic N) is 2. The Labute approximate surface area is 176 Å². The molecule has 29 heavy (non-hydrogen) atoms. The molecule has 0 saturated carbocycles. The van der Waals surface area contributed by atoms with Gasteiger partial charge in [0.15, 0.2) is 0 Å². The van der Waals surface area contributed by atoms with Crippen LogP contribution in [0.1, 0.15) is 23.4 Å². The quantitative estimate of drug-likeness (QED) is 0.324. The van der Waals surface area contributed by atoms with Crippen molar-refractivity contribution in [2.75, 3.05) is 6.61 Å². The summed E-state index contributed by atoms with van der Waals surface area (Å²) in [4.78, 5) is 4.80. The summed E-state index contributed by atoms with van der Waals surface area (Å²) >= 11 is 5.98. The van der Waals surface area contributed by atoms with Crippen LogP contribution in [0.25, 0.3) is 23.2 Å². The van der Waals surface area contributed by atoms with Crippen LogP contribution >= 0.6 is 11.6 Å². The van der Waals surface area contributed by atoms with E-state index in [1.165, 1.54) is 5.56 Å². The van der Waals surface area contributed by atoms with Gasteiger partial charge in [-0.05, 0) is 66.9 Å². The Hall–Kier alpha value is -3.04. The summed E-state index contributed by atoms with van der Waals surface area (Å²) in [6, 6.07) is 24.2. The molecule has 4 rings (SSSR count). The summed E-state index contributed by atoms with van der Waals surface area (Å²) in [5.41, 5.74) is 4.44. The minimum Gasteiger partial charge on any atom is -0.494 e. The minimum absolute atomic E-state index is 0.663. The number of aryl methyl sites for hydroxylation is 2. The maximum absolute atomic E-state index is 5.98. The Morgan fingerprint density at radius 1 is 0.966 bits per heavy atom. The molecular formula is C25H23ClN2O. The molecule has 146 valence electrons. The number of rotatable bonds is 7. The second-order valence-electron chi connectivity index (χ2n) is 7.01. The van der Waals surface area contributed by atoms with E-state index < -0.39 is 0 Å². The predicted molar refractivity (Wildman–Crippen MR) is 121 cm³/mol. The summed E-state index contributed by atoms with van der Waals surface area (Å²) in [5.74, 6) is 1.86. The number of hydrogen-bond donors (Lipinski definition) is 0. The lowest BCUT2D eigenvalue weighted by Gasteiger charge is -2.09. The third kappa shape index (κ3) is 4.87. The van der Waals surface area contributed by atoms with Crippen molar-refractivity contribution in [3.8, 4) is 5.75 Å². The zero-order chi connectivity index (χ0) is 20.1. The van der Waals surface area contributed by atoms with Gasteiger partial charge in [-0.3, -0.25) is 0 Å². The molecule has 0 bridgehead atoms. The van der Waals surface area contributed by atoms with E-state index in [0.717, 1.165) is 46.2 Å². The Morgan fingerprint density at radius 3 is 2.62 bits per heavy atom. The van der Waals surface area contributed by atoms with Crippen LogP contribution in [0, 0.1) is 6.92 Å². The number of aromatic nitrogens is 2. The lowest BCUT2D eigenvalue weighted by atomic mass is 10.2. The average molecular weight is 403 g/mol. The van der Waals surface area contributed by atoms with Crippen LogP contribution in [0.5, 0.6) is 5.75 Å². The molecule has 0 radical (unpaired) electrons. The van der Waals surface area contributed by atoms with Gasteiger partial charge in [0.2, 0.25) is 0 Å². The van der Waals surface area contributed by atoms with E-state index >= 15 is 0 Å². The number of hydrogen-bond acceptors (Lipinski definition) is 2. The highest BCUT2D eigenvalue weighted by atomic mass is 35.5. The molecule has 0 atom stereocenters. The van der Waals surface area contributed by atoms with Gasteiger partial charge in [0, 0.05) is 11.6 Å². The van der Waals surface area contributed by atoms with Crippen molar-refractivity contribution >= 4 is 34.8 Å². The van der Waals surface area contributed by atoms with Gasteiger partial charge < -0.3 is 9.30 Å². The molecule has 0 unspecified atom stereocenters. The molecule has 1 aromatic heterocycles. The molecule has 0 N–H and O–H groups in total. The molecule has 0 saturated heterocycles. The van der Waals surface area contributed by atoms with E-state index in [2.05, 4.69) is 54.0 Å². The Balaban J connectivity index is 1.49. The summed E-state index contributed by atoms with van der Waals surface area (Å²) in [6.07, 6.45) is 5.03. The second-order valence-corrected chi connectivity index (χ2v) is 7.45. The Kier molecular flexibility index (Phi) is 5.97. The van der Waals surface area contributed by atoms with Gasteiger partial charge >= 0.3 is 0 Å². The molecule has 0 amide bonds. The Morgan fingerprint density at radius 2 is 1.79 bits per heavy atom. The van der Waals surface area contributed by atoms with E-state index in [-0.39, 0.29) is 0 Å². The van der Waals surface area contributed by atoms with Crippen molar-refractivity contribution in [2.24, 2.45) is 0 Å². The van der Waals surface area contributed by atoms with E-state index in [1.807, 2.05) is 42.5 Å². The van der Waals surface area contributed by atoms with Crippen molar-refractivity contribution in [3.05, 3.63) is 94.8 Å². The zero-order valence-corrected chi connectivity index (χ0v) is 17.1.